The molecule has 1 amide bonds. The highest BCUT2D eigenvalue weighted by Gasteiger charge is 2.29. The van der Waals surface area contributed by atoms with Crippen molar-refractivity contribution >= 4 is 17.3 Å². The molecule has 6 heteroatoms. The Morgan fingerprint density at radius 3 is 2.46 bits per heavy atom. The fourth-order valence-corrected chi connectivity index (χ4v) is 3.00. The summed E-state index contributed by atoms with van der Waals surface area (Å²) in [5.41, 5.74) is 8.55. The van der Waals surface area contributed by atoms with Crippen LogP contribution in [0.5, 0.6) is 0 Å². The van der Waals surface area contributed by atoms with Gasteiger partial charge in [-0.25, -0.2) is 4.98 Å². The van der Waals surface area contributed by atoms with Gasteiger partial charge in [-0.15, -0.1) is 0 Å². The van der Waals surface area contributed by atoms with Gasteiger partial charge in [-0.1, -0.05) is 20.8 Å². The zero-order chi connectivity index (χ0) is 17.3. The Hall–Kier alpha value is -2.50. The molecule has 128 valence electrons. The van der Waals surface area contributed by atoms with Crippen LogP contribution >= 0.6 is 0 Å². The van der Waals surface area contributed by atoms with Crippen LogP contribution in [0, 0.1) is 5.41 Å². The SMILES string of the molecule is CC(C)(C)C(=O)N1CCN(c2ccc(N)c(-n3ccnc3)c2)CC1. The number of hydrogen-bond donors (Lipinski definition) is 1. The molecule has 0 saturated carbocycles. The molecule has 1 fully saturated rings. The zero-order valence-corrected chi connectivity index (χ0v) is 14.6. The first-order valence-corrected chi connectivity index (χ1v) is 8.28. The summed E-state index contributed by atoms with van der Waals surface area (Å²) < 4.78 is 1.91. The third kappa shape index (κ3) is 3.22. The molecule has 3 rings (SSSR count). The molecule has 2 heterocycles. The van der Waals surface area contributed by atoms with Gasteiger partial charge in [0.2, 0.25) is 5.91 Å². The third-order valence-corrected chi connectivity index (χ3v) is 4.37. The Bertz CT molecular complexity index is 710. The lowest BCUT2D eigenvalue weighted by Crippen LogP contribution is -2.51. The number of benzene rings is 1. The van der Waals surface area contributed by atoms with Crippen LogP contribution in [0.1, 0.15) is 20.8 Å². The summed E-state index contributed by atoms with van der Waals surface area (Å²) in [5.74, 6) is 0.221. The number of nitrogen functional groups attached to an aromatic ring is 1. The van der Waals surface area contributed by atoms with Gasteiger partial charge in [0.25, 0.3) is 0 Å². The molecule has 1 aromatic carbocycles. The standard InChI is InChI=1S/C18H25N5O/c1-18(2,3)17(24)22-10-8-21(9-11-22)14-4-5-15(19)16(12-14)23-7-6-20-13-23/h4-7,12-13H,8-11,19H2,1-3H3. The van der Waals surface area contributed by atoms with E-state index >= 15 is 0 Å². The summed E-state index contributed by atoms with van der Waals surface area (Å²) in [6.07, 6.45) is 5.37. The van der Waals surface area contributed by atoms with Crippen molar-refractivity contribution in [2.75, 3.05) is 36.8 Å². The van der Waals surface area contributed by atoms with Gasteiger partial charge in [-0.3, -0.25) is 4.79 Å². The zero-order valence-electron chi connectivity index (χ0n) is 14.6. The van der Waals surface area contributed by atoms with Gasteiger partial charge in [-0.2, -0.15) is 0 Å². The van der Waals surface area contributed by atoms with Crippen molar-refractivity contribution in [3.05, 3.63) is 36.9 Å². The second-order valence-electron chi connectivity index (χ2n) is 7.24. The summed E-state index contributed by atoms with van der Waals surface area (Å²) in [7, 11) is 0. The first-order valence-electron chi connectivity index (χ1n) is 8.28. The molecule has 1 aliphatic rings. The normalized spacial score (nSPS) is 15.6. The quantitative estimate of drug-likeness (QED) is 0.858. The van der Waals surface area contributed by atoms with Crippen molar-refractivity contribution in [2.45, 2.75) is 20.8 Å². The van der Waals surface area contributed by atoms with Gasteiger partial charge in [0, 0.05) is 49.7 Å². The smallest absolute Gasteiger partial charge is 0.228 e. The summed E-state index contributed by atoms with van der Waals surface area (Å²) in [4.78, 5) is 20.7. The lowest BCUT2D eigenvalue weighted by molar-refractivity contribution is -0.139. The van der Waals surface area contributed by atoms with Gasteiger partial charge in [0.05, 0.1) is 17.7 Å². The van der Waals surface area contributed by atoms with Crippen LogP contribution in [0.15, 0.2) is 36.9 Å². The van der Waals surface area contributed by atoms with E-state index in [0.29, 0.717) is 0 Å². The highest BCUT2D eigenvalue weighted by molar-refractivity contribution is 5.81. The molecule has 0 spiro atoms. The predicted octanol–water partition coefficient (Wildman–Crippen LogP) is 2.15. The number of piperazine rings is 1. The molecule has 0 radical (unpaired) electrons. The molecular formula is C18H25N5O. The molecular weight excluding hydrogens is 302 g/mol. The highest BCUT2D eigenvalue weighted by Crippen LogP contribution is 2.26. The maximum atomic E-state index is 12.4. The van der Waals surface area contributed by atoms with Crippen molar-refractivity contribution in [1.29, 1.82) is 0 Å². The van der Waals surface area contributed by atoms with E-state index in [-0.39, 0.29) is 11.3 Å². The second kappa shape index (κ2) is 6.19. The average Bonchev–Trinajstić information content (AvgIpc) is 3.08. The minimum Gasteiger partial charge on any atom is -0.397 e. The van der Waals surface area contributed by atoms with Gasteiger partial charge in [-0.05, 0) is 18.2 Å². The van der Waals surface area contributed by atoms with Gasteiger partial charge in [0.15, 0.2) is 0 Å². The molecule has 1 saturated heterocycles. The first-order chi connectivity index (χ1) is 11.4. The number of rotatable bonds is 2. The van der Waals surface area contributed by atoms with Crippen LogP contribution in [0.3, 0.4) is 0 Å². The van der Waals surface area contributed by atoms with Crippen molar-refractivity contribution in [3.63, 3.8) is 0 Å². The minimum absolute atomic E-state index is 0.221. The Morgan fingerprint density at radius 1 is 1.17 bits per heavy atom. The highest BCUT2D eigenvalue weighted by atomic mass is 16.2. The van der Waals surface area contributed by atoms with Crippen molar-refractivity contribution in [2.24, 2.45) is 5.41 Å². The molecule has 2 aromatic rings. The Balaban J connectivity index is 1.73. The van der Waals surface area contributed by atoms with Crippen molar-refractivity contribution in [1.82, 2.24) is 14.5 Å². The number of anilines is 2. The number of carbonyl (C=O) groups is 1. The molecule has 0 unspecified atom stereocenters. The van der Waals surface area contributed by atoms with Gasteiger partial charge >= 0.3 is 0 Å². The lowest BCUT2D eigenvalue weighted by atomic mass is 9.94. The van der Waals surface area contributed by atoms with Crippen molar-refractivity contribution < 1.29 is 4.79 Å². The average molecular weight is 327 g/mol. The number of nitrogens with two attached hydrogens (primary N) is 1. The lowest BCUT2D eigenvalue weighted by Gasteiger charge is -2.38. The maximum Gasteiger partial charge on any atom is 0.228 e. The molecule has 6 nitrogen and oxygen atoms in total. The van der Waals surface area contributed by atoms with Gasteiger partial charge < -0.3 is 20.1 Å². The second-order valence-corrected chi connectivity index (χ2v) is 7.24. The van der Waals surface area contributed by atoms with Crippen LogP contribution in [-0.2, 0) is 4.79 Å². The van der Waals surface area contributed by atoms with Crippen LogP contribution < -0.4 is 10.6 Å². The monoisotopic (exact) mass is 327 g/mol. The molecule has 0 atom stereocenters. The largest absolute Gasteiger partial charge is 0.397 e. The van der Waals surface area contributed by atoms with Crippen molar-refractivity contribution in [3.8, 4) is 5.69 Å². The minimum atomic E-state index is -0.321. The number of carbonyl (C=O) groups excluding carboxylic acids is 1. The first kappa shape index (κ1) is 16.4. The fourth-order valence-electron chi connectivity index (χ4n) is 3.00. The molecule has 24 heavy (non-hydrogen) atoms. The molecule has 1 aliphatic heterocycles. The van der Waals surface area contributed by atoms with E-state index in [1.807, 2.05) is 48.6 Å². The number of imidazole rings is 1. The van der Waals surface area contributed by atoms with Gasteiger partial charge in [0.1, 0.15) is 0 Å². The number of amides is 1. The van der Waals surface area contributed by atoms with E-state index in [2.05, 4.69) is 16.0 Å². The van der Waals surface area contributed by atoms with E-state index in [9.17, 15) is 4.79 Å². The topological polar surface area (TPSA) is 67.4 Å². The Kier molecular flexibility index (Phi) is 4.22. The Morgan fingerprint density at radius 2 is 1.88 bits per heavy atom. The molecule has 0 bridgehead atoms. The van der Waals surface area contributed by atoms with Crippen LogP contribution in [-0.4, -0.2) is 46.5 Å². The van der Waals surface area contributed by atoms with E-state index in [1.165, 1.54) is 0 Å². The summed E-state index contributed by atoms with van der Waals surface area (Å²) in [6.45, 7) is 9.07. The number of nitrogens with zero attached hydrogens (tertiary/aromatic N) is 4. The number of hydrogen-bond acceptors (Lipinski definition) is 4. The summed E-state index contributed by atoms with van der Waals surface area (Å²) in [6, 6.07) is 6.05. The fraction of sp³-hybridized carbons (Fsp3) is 0.444. The maximum absolute atomic E-state index is 12.4. The van der Waals surface area contributed by atoms with E-state index in [1.54, 1.807) is 12.5 Å². The predicted molar refractivity (Wildman–Crippen MR) is 96.2 cm³/mol. The van der Waals surface area contributed by atoms with Crippen LogP contribution in [0.25, 0.3) is 5.69 Å². The third-order valence-electron chi connectivity index (χ3n) is 4.37. The van der Waals surface area contributed by atoms with Crippen LogP contribution in [0.2, 0.25) is 0 Å². The Labute approximate surface area is 142 Å². The summed E-state index contributed by atoms with van der Waals surface area (Å²) in [5, 5.41) is 0. The number of aromatic nitrogens is 2. The summed E-state index contributed by atoms with van der Waals surface area (Å²) >= 11 is 0. The van der Waals surface area contributed by atoms with E-state index in [4.69, 9.17) is 5.73 Å². The molecule has 0 aliphatic carbocycles. The molecule has 2 N–H and O–H groups in total. The van der Waals surface area contributed by atoms with E-state index < -0.39 is 0 Å². The molecule has 1 aromatic heterocycles. The van der Waals surface area contributed by atoms with E-state index in [0.717, 1.165) is 43.2 Å². The van der Waals surface area contributed by atoms with Crippen LogP contribution in [0.4, 0.5) is 11.4 Å².